The summed E-state index contributed by atoms with van der Waals surface area (Å²) in [5.41, 5.74) is 0.808. The number of ether oxygens (including phenoxy) is 1. The number of carboxylic acids is 1. The smallest absolute Gasteiger partial charge is 0.407 e. The maximum atomic E-state index is 11.8. The van der Waals surface area contributed by atoms with Crippen molar-refractivity contribution in [2.75, 3.05) is 13.1 Å². The van der Waals surface area contributed by atoms with Gasteiger partial charge in [0, 0.05) is 0 Å². The van der Waals surface area contributed by atoms with E-state index in [9.17, 15) is 19.2 Å². The van der Waals surface area contributed by atoms with Crippen molar-refractivity contribution < 1.29 is 29.0 Å². The number of carbonyl (C=O) groups is 4. The molecule has 1 aromatic rings. The Morgan fingerprint density at radius 1 is 1.04 bits per heavy atom. The van der Waals surface area contributed by atoms with Crippen LogP contribution in [0.3, 0.4) is 0 Å². The number of rotatable bonds is 10. The maximum Gasteiger partial charge on any atom is 0.407 e. The predicted octanol–water partition coefficient (Wildman–Crippen LogP) is 0.645. The third-order valence-corrected chi connectivity index (χ3v) is 3.85. The highest BCUT2D eigenvalue weighted by Gasteiger charge is 2.25. The lowest BCUT2D eigenvalue weighted by Crippen LogP contribution is -2.49. The largest absolute Gasteiger partial charge is 0.480 e. The lowest BCUT2D eigenvalue weighted by Gasteiger charge is -2.20. The van der Waals surface area contributed by atoms with Crippen LogP contribution in [0, 0.1) is 5.92 Å². The Bertz CT molecular complexity index is 650. The third kappa shape index (κ3) is 8.70. The van der Waals surface area contributed by atoms with Crippen LogP contribution in [0.1, 0.15) is 25.8 Å². The summed E-state index contributed by atoms with van der Waals surface area (Å²) in [5.74, 6) is -2.60. The van der Waals surface area contributed by atoms with E-state index >= 15 is 0 Å². The molecule has 27 heavy (non-hydrogen) atoms. The van der Waals surface area contributed by atoms with Gasteiger partial charge in [-0.25, -0.2) is 9.59 Å². The molecule has 0 aliphatic carbocycles. The molecular weight excluding hydrogens is 354 g/mol. The fraction of sp³-hybridized carbons (Fsp3) is 0.444. The van der Waals surface area contributed by atoms with E-state index in [0.717, 1.165) is 5.56 Å². The van der Waals surface area contributed by atoms with Crippen LogP contribution < -0.4 is 16.0 Å². The van der Waals surface area contributed by atoms with E-state index < -0.39 is 29.9 Å². The number of hydrogen-bond donors (Lipinski definition) is 4. The summed E-state index contributed by atoms with van der Waals surface area (Å²) < 4.78 is 4.95. The van der Waals surface area contributed by atoms with Gasteiger partial charge in [0.05, 0.1) is 6.54 Å². The van der Waals surface area contributed by atoms with Crippen LogP contribution in [0.2, 0.25) is 0 Å². The van der Waals surface area contributed by atoms with Gasteiger partial charge in [0.25, 0.3) is 0 Å². The van der Waals surface area contributed by atoms with E-state index in [4.69, 9.17) is 9.84 Å². The van der Waals surface area contributed by atoms with Crippen LogP contribution in [0.15, 0.2) is 30.3 Å². The van der Waals surface area contributed by atoms with Crippen molar-refractivity contribution in [3.8, 4) is 0 Å². The van der Waals surface area contributed by atoms with Crippen molar-refractivity contribution in [1.82, 2.24) is 16.0 Å². The number of aliphatic carboxylic acids is 1. The van der Waals surface area contributed by atoms with Gasteiger partial charge >= 0.3 is 12.1 Å². The molecule has 0 bridgehead atoms. The minimum absolute atomic E-state index is 0.0723. The molecule has 0 aliphatic heterocycles. The highest BCUT2D eigenvalue weighted by molar-refractivity contribution is 5.89. The van der Waals surface area contributed by atoms with Gasteiger partial charge in [0.1, 0.15) is 19.2 Å². The Morgan fingerprint density at radius 3 is 2.26 bits per heavy atom. The molecule has 3 amide bonds. The zero-order valence-corrected chi connectivity index (χ0v) is 15.4. The second-order valence-electron chi connectivity index (χ2n) is 5.96. The van der Waals surface area contributed by atoms with Crippen LogP contribution in [-0.2, 0) is 25.7 Å². The monoisotopic (exact) mass is 379 g/mol. The topological polar surface area (TPSA) is 134 Å². The minimum atomic E-state index is -1.13. The molecule has 0 aliphatic rings. The highest BCUT2D eigenvalue weighted by atomic mass is 16.5. The molecule has 4 N–H and O–H groups in total. The third-order valence-electron chi connectivity index (χ3n) is 3.85. The number of amides is 3. The average Bonchev–Trinajstić information content (AvgIpc) is 2.67. The number of alkyl carbamates (subject to hydrolysis) is 1. The predicted molar refractivity (Wildman–Crippen MR) is 96.7 cm³/mol. The summed E-state index contributed by atoms with van der Waals surface area (Å²) >= 11 is 0. The van der Waals surface area contributed by atoms with Crippen LogP contribution >= 0.6 is 0 Å². The molecule has 0 heterocycles. The van der Waals surface area contributed by atoms with Crippen molar-refractivity contribution in [2.45, 2.75) is 32.9 Å². The molecule has 0 saturated heterocycles. The van der Waals surface area contributed by atoms with E-state index in [1.54, 1.807) is 19.1 Å². The molecule has 0 fully saturated rings. The van der Waals surface area contributed by atoms with Gasteiger partial charge in [0.2, 0.25) is 11.8 Å². The van der Waals surface area contributed by atoms with Crippen molar-refractivity contribution in [2.24, 2.45) is 5.92 Å². The number of benzene rings is 1. The van der Waals surface area contributed by atoms with E-state index in [1.165, 1.54) is 0 Å². The Labute approximate surface area is 157 Å². The molecule has 1 rings (SSSR count). The number of carboxylic acid groups (broad SMARTS) is 1. The van der Waals surface area contributed by atoms with Gasteiger partial charge in [-0.3, -0.25) is 9.59 Å². The Balaban J connectivity index is 2.26. The summed E-state index contributed by atoms with van der Waals surface area (Å²) in [6.45, 7) is 2.84. The summed E-state index contributed by atoms with van der Waals surface area (Å²) in [7, 11) is 0. The fourth-order valence-electron chi connectivity index (χ4n) is 2.08. The van der Waals surface area contributed by atoms with Gasteiger partial charge in [-0.15, -0.1) is 0 Å². The first kappa shape index (κ1) is 21.9. The normalized spacial score (nSPS) is 12.4. The molecule has 9 heteroatoms. The van der Waals surface area contributed by atoms with Crippen molar-refractivity contribution in [1.29, 1.82) is 0 Å². The lowest BCUT2D eigenvalue weighted by atomic mass is 9.99. The van der Waals surface area contributed by atoms with Crippen molar-refractivity contribution in [3.05, 3.63) is 35.9 Å². The van der Waals surface area contributed by atoms with Crippen molar-refractivity contribution >= 4 is 23.9 Å². The van der Waals surface area contributed by atoms with Gasteiger partial charge in [-0.05, 0) is 11.5 Å². The van der Waals surface area contributed by atoms with Crippen LogP contribution in [0.25, 0.3) is 0 Å². The molecule has 0 radical (unpaired) electrons. The second-order valence-corrected chi connectivity index (χ2v) is 5.96. The molecule has 2 atom stereocenters. The SMILES string of the molecule is CC[C@@H](C)[C@H](NC(=O)CNC(=O)CNC(=O)OCc1ccccc1)C(=O)O. The summed E-state index contributed by atoms with van der Waals surface area (Å²) in [6, 6.07) is 8.03. The van der Waals surface area contributed by atoms with E-state index in [-0.39, 0.29) is 25.6 Å². The molecule has 0 saturated carbocycles. The average molecular weight is 379 g/mol. The Hall–Kier alpha value is -3.10. The first-order valence-electron chi connectivity index (χ1n) is 8.56. The van der Waals surface area contributed by atoms with E-state index in [2.05, 4.69) is 16.0 Å². The van der Waals surface area contributed by atoms with Crippen LogP contribution in [0.5, 0.6) is 0 Å². The Kier molecular flexibility index (Phi) is 9.35. The Morgan fingerprint density at radius 2 is 1.67 bits per heavy atom. The maximum absolute atomic E-state index is 11.8. The van der Waals surface area contributed by atoms with Crippen LogP contribution in [0.4, 0.5) is 4.79 Å². The standard InChI is InChI=1S/C18H25N3O6/c1-3-12(2)16(17(24)25)21-15(23)10-19-14(22)9-20-18(26)27-11-13-7-5-4-6-8-13/h4-8,12,16H,3,9-11H2,1-2H3,(H,19,22)(H,20,26)(H,21,23)(H,24,25)/t12-,16+/m1/s1. The highest BCUT2D eigenvalue weighted by Crippen LogP contribution is 2.07. The van der Waals surface area contributed by atoms with Crippen molar-refractivity contribution in [3.63, 3.8) is 0 Å². The summed E-state index contributed by atoms with van der Waals surface area (Å²) in [4.78, 5) is 46.1. The number of hydrogen-bond acceptors (Lipinski definition) is 5. The first-order chi connectivity index (χ1) is 12.8. The first-order valence-corrected chi connectivity index (χ1v) is 8.56. The quantitative estimate of drug-likeness (QED) is 0.471. The molecule has 148 valence electrons. The molecule has 0 spiro atoms. The van der Waals surface area contributed by atoms with Gasteiger partial charge in [0.15, 0.2) is 0 Å². The van der Waals surface area contributed by atoms with E-state index in [0.29, 0.717) is 6.42 Å². The minimum Gasteiger partial charge on any atom is -0.480 e. The number of carbonyl (C=O) groups excluding carboxylic acids is 3. The van der Waals surface area contributed by atoms with Crippen LogP contribution in [-0.4, -0.2) is 48.1 Å². The molecule has 0 aromatic heterocycles. The summed E-state index contributed by atoms with van der Waals surface area (Å²) in [5, 5.41) is 16.0. The van der Waals surface area contributed by atoms with Gasteiger partial charge in [-0.1, -0.05) is 50.6 Å². The zero-order valence-electron chi connectivity index (χ0n) is 15.4. The van der Waals surface area contributed by atoms with E-state index in [1.807, 2.05) is 25.1 Å². The molecular formula is C18H25N3O6. The zero-order chi connectivity index (χ0) is 20.2. The second kappa shape index (κ2) is 11.5. The molecule has 1 aromatic carbocycles. The number of nitrogens with one attached hydrogen (secondary N) is 3. The lowest BCUT2D eigenvalue weighted by molar-refractivity contribution is -0.143. The summed E-state index contributed by atoms with van der Waals surface area (Å²) in [6.07, 6.45) is -0.181. The molecule has 0 unspecified atom stereocenters. The molecule has 9 nitrogen and oxygen atoms in total. The van der Waals surface area contributed by atoms with Gasteiger partial charge in [-0.2, -0.15) is 0 Å². The fourth-order valence-corrected chi connectivity index (χ4v) is 2.08. The van der Waals surface area contributed by atoms with Gasteiger partial charge < -0.3 is 25.8 Å².